The number of carbonyl (C=O) groups is 1. The van der Waals surface area contributed by atoms with Crippen molar-refractivity contribution in [3.63, 3.8) is 0 Å². The quantitative estimate of drug-likeness (QED) is 0.732. The van der Waals surface area contributed by atoms with Crippen molar-refractivity contribution in [3.8, 4) is 5.69 Å². The summed E-state index contributed by atoms with van der Waals surface area (Å²) in [4.78, 5) is 27.0. The first-order chi connectivity index (χ1) is 14.0. The van der Waals surface area contributed by atoms with Crippen LogP contribution in [0, 0.1) is 26.7 Å². The Hall–Kier alpha value is -3.16. The number of hydrogen-bond acceptors (Lipinski definition) is 5. The average molecular weight is 395 g/mol. The smallest absolute Gasteiger partial charge is 0.347 e. The highest BCUT2D eigenvalue weighted by Gasteiger charge is 2.28. The summed E-state index contributed by atoms with van der Waals surface area (Å²) in [6, 6.07) is 7.79. The van der Waals surface area contributed by atoms with Crippen LogP contribution in [0.2, 0.25) is 0 Å². The number of piperidine rings is 1. The Labute approximate surface area is 168 Å². The summed E-state index contributed by atoms with van der Waals surface area (Å²) in [7, 11) is 0. The molecule has 0 saturated carbocycles. The van der Waals surface area contributed by atoms with E-state index in [1.54, 1.807) is 18.4 Å². The van der Waals surface area contributed by atoms with Crippen LogP contribution in [0.4, 0.5) is 0 Å². The molecule has 1 aliphatic heterocycles. The van der Waals surface area contributed by atoms with Crippen LogP contribution in [0.15, 0.2) is 33.6 Å². The minimum atomic E-state index is -0.222. The number of rotatable bonds is 4. The van der Waals surface area contributed by atoms with Gasteiger partial charge < -0.3 is 9.42 Å². The van der Waals surface area contributed by atoms with Gasteiger partial charge in [-0.2, -0.15) is 5.10 Å². The van der Waals surface area contributed by atoms with E-state index in [4.69, 9.17) is 4.52 Å². The first kappa shape index (κ1) is 19.2. The van der Waals surface area contributed by atoms with Crippen LogP contribution in [-0.2, 0) is 6.42 Å². The highest BCUT2D eigenvalue weighted by Crippen LogP contribution is 2.24. The molecule has 1 N–H and O–H groups in total. The third-order valence-electron chi connectivity index (χ3n) is 5.72. The average Bonchev–Trinajstić information content (AvgIpc) is 3.24. The lowest BCUT2D eigenvalue weighted by Gasteiger charge is -2.31. The number of carbonyl (C=O) groups excluding carboxylic acids is 1. The molecule has 3 aromatic rings. The molecule has 0 unspecified atom stereocenters. The molecule has 0 radical (unpaired) electrons. The number of para-hydroxylation sites is 1. The fourth-order valence-corrected chi connectivity index (χ4v) is 4.07. The molecule has 1 amide bonds. The van der Waals surface area contributed by atoms with Gasteiger partial charge in [0.15, 0.2) is 0 Å². The summed E-state index contributed by atoms with van der Waals surface area (Å²) in [5.41, 5.74) is 2.86. The predicted molar refractivity (Wildman–Crippen MR) is 107 cm³/mol. The number of nitrogens with one attached hydrogen (secondary N) is 1. The molecule has 2 aromatic heterocycles. The van der Waals surface area contributed by atoms with Crippen LogP contribution in [0.1, 0.15) is 46.0 Å². The molecule has 1 aromatic carbocycles. The molecule has 8 nitrogen and oxygen atoms in total. The van der Waals surface area contributed by atoms with Gasteiger partial charge in [0.1, 0.15) is 17.1 Å². The molecule has 1 aliphatic rings. The van der Waals surface area contributed by atoms with Crippen molar-refractivity contribution in [2.45, 2.75) is 40.0 Å². The molecule has 29 heavy (non-hydrogen) atoms. The summed E-state index contributed by atoms with van der Waals surface area (Å²) < 4.78 is 6.80. The van der Waals surface area contributed by atoms with Crippen molar-refractivity contribution in [1.29, 1.82) is 0 Å². The Bertz CT molecular complexity index is 1070. The van der Waals surface area contributed by atoms with Crippen molar-refractivity contribution < 1.29 is 9.32 Å². The van der Waals surface area contributed by atoms with Crippen molar-refractivity contribution in [2.24, 2.45) is 5.92 Å². The summed E-state index contributed by atoms with van der Waals surface area (Å²) in [6.07, 6.45) is 2.42. The number of nitrogens with zero attached hydrogens (tertiary/aromatic N) is 4. The van der Waals surface area contributed by atoms with Crippen molar-refractivity contribution in [1.82, 2.24) is 24.8 Å². The zero-order valence-electron chi connectivity index (χ0n) is 16.9. The number of aromatic nitrogens is 4. The number of likely N-dealkylation sites (tertiary alicyclic amines) is 1. The maximum Gasteiger partial charge on any atom is 0.347 e. The van der Waals surface area contributed by atoms with Crippen molar-refractivity contribution in [2.75, 3.05) is 13.1 Å². The largest absolute Gasteiger partial charge is 0.361 e. The molecule has 0 spiro atoms. The van der Waals surface area contributed by atoms with Gasteiger partial charge in [-0.05, 0) is 51.2 Å². The standard InChI is InChI=1S/C21H25N5O3/c1-13-6-4-5-7-17(13)26-18(22-23-21(26)28)12-16-8-10-25(11-9-16)20(27)19-14(2)24-29-15(19)3/h4-7,16H,8-12H2,1-3H3,(H,23,28). The van der Waals surface area contributed by atoms with Crippen molar-refractivity contribution in [3.05, 3.63) is 63.2 Å². The monoisotopic (exact) mass is 395 g/mol. The van der Waals surface area contributed by atoms with Gasteiger partial charge in [-0.1, -0.05) is 23.4 Å². The molecule has 3 heterocycles. The van der Waals surface area contributed by atoms with Gasteiger partial charge in [0, 0.05) is 19.5 Å². The van der Waals surface area contributed by atoms with Crippen LogP contribution in [-0.4, -0.2) is 43.8 Å². The Kier molecular flexibility index (Phi) is 5.08. The zero-order chi connectivity index (χ0) is 20.5. The second-order valence-electron chi connectivity index (χ2n) is 7.71. The zero-order valence-corrected chi connectivity index (χ0v) is 16.9. The van der Waals surface area contributed by atoms with E-state index >= 15 is 0 Å². The first-order valence-corrected chi connectivity index (χ1v) is 9.90. The Morgan fingerprint density at radius 1 is 1.21 bits per heavy atom. The second-order valence-corrected chi connectivity index (χ2v) is 7.71. The molecule has 0 atom stereocenters. The van der Waals surface area contributed by atoms with Crippen LogP contribution in [0.25, 0.3) is 5.69 Å². The van der Waals surface area contributed by atoms with Crippen LogP contribution in [0.5, 0.6) is 0 Å². The Morgan fingerprint density at radius 2 is 1.93 bits per heavy atom. The Balaban J connectivity index is 1.46. The third kappa shape index (κ3) is 3.62. The minimum absolute atomic E-state index is 0.0173. The summed E-state index contributed by atoms with van der Waals surface area (Å²) in [5.74, 6) is 1.64. The summed E-state index contributed by atoms with van der Waals surface area (Å²) >= 11 is 0. The lowest BCUT2D eigenvalue weighted by Crippen LogP contribution is -2.39. The number of hydrogen-bond donors (Lipinski definition) is 1. The van der Waals surface area contributed by atoms with Gasteiger partial charge >= 0.3 is 5.69 Å². The molecular weight excluding hydrogens is 370 g/mol. The predicted octanol–water partition coefficient (Wildman–Crippen LogP) is 2.57. The molecule has 1 fully saturated rings. The van der Waals surface area contributed by atoms with E-state index in [9.17, 15) is 9.59 Å². The van der Waals surface area contributed by atoms with Gasteiger partial charge in [-0.15, -0.1) is 0 Å². The van der Waals surface area contributed by atoms with Crippen LogP contribution < -0.4 is 5.69 Å². The van der Waals surface area contributed by atoms with E-state index in [-0.39, 0.29) is 11.6 Å². The molecule has 0 aliphatic carbocycles. The number of H-pyrrole nitrogens is 1. The van der Waals surface area contributed by atoms with E-state index in [1.807, 2.05) is 36.1 Å². The topological polar surface area (TPSA) is 97.0 Å². The first-order valence-electron chi connectivity index (χ1n) is 9.90. The normalized spacial score (nSPS) is 15.1. The SMILES string of the molecule is Cc1ccccc1-n1c(CC2CCN(C(=O)c3c(C)noc3C)CC2)n[nH]c1=O. The van der Waals surface area contributed by atoms with Gasteiger partial charge in [0.05, 0.1) is 11.4 Å². The maximum absolute atomic E-state index is 12.8. The summed E-state index contributed by atoms with van der Waals surface area (Å²) in [6.45, 7) is 6.89. The fraction of sp³-hybridized carbons (Fsp3) is 0.429. The lowest BCUT2D eigenvalue weighted by atomic mass is 9.92. The summed E-state index contributed by atoms with van der Waals surface area (Å²) in [5, 5.41) is 10.7. The van der Waals surface area contributed by atoms with E-state index < -0.39 is 0 Å². The molecule has 4 rings (SSSR count). The van der Waals surface area contributed by atoms with Gasteiger partial charge in [-0.3, -0.25) is 4.79 Å². The minimum Gasteiger partial charge on any atom is -0.361 e. The number of aromatic amines is 1. The fourth-order valence-electron chi connectivity index (χ4n) is 4.07. The van der Waals surface area contributed by atoms with E-state index in [0.29, 0.717) is 42.4 Å². The third-order valence-corrected chi connectivity index (χ3v) is 5.72. The molecule has 152 valence electrons. The molecule has 1 saturated heterocycles. The number of aryl methyl sites for hydroxylation is 3. The van der Waals surface area contributed by atoms with Crippen molar-refractivity contribution >= 4 is 5.91 Å². The Morgan fingerprint density at radius 3 is 2.59 bits per heavy atom. The van der Waals surface area contributed by atoms with Crippen LogP contribution >= 0.6 is 0 Å². The van der Waals surface area contributed by atoms with E-state index in [0.717, 1.165) is 29.9 Å². The van der Waals surface area contributed by atoms with E-state index in [1.165, 1.54) is 0 Å². The number of benzene rings is 1. The molecule has 8 heteroatoms. The second kappa shape index (κ2) is 7.69. The highest BCUT2D eigenvalue weighted by molar-refractivity contribution is 5.96. The van der Waals surface area contributed by atoms with E-state index in [2.05, 4.69) is 15.4 Å². The molecule has 0 bridgehead atoms. The van der Waals surface area contributed by atoms with Gasteiger partial charge in [-0.25, -0.2) is 14.5 Å². The highest BCUT2D eigenvalue weighted by atomic mass is 16.5. The maximum atomic E-state index is 12.8. The number of amides is 1. The van der Waals surface area contributed by atoms with Gasteiger partial charge in [0.25, 0.3) is 5.91 Å². The van der Waals surface area contributed by atoms with Crippen LogP contribution in [0.3, 0.4) is 0 Å². The van der Waals surface area contributed by atoms with Gasteiger partial charge in [0.2, 0.25) is 0 Å². The molecular formula is C21H25N5O3. The lowest BCUT2D eigenvalue weighted by molar-refractivity contribution is 0.0687.